The van der Waals surface area contributed by atoms with Crippen molar-refractivity contribution < 1.29 is 8.42 Å². The van der Waals surface area contributed by atoms with Crippen LogP contribution in [0.1, 0.15) is 32.3 Å². The van der Waals surface area contributed by atoms with Crippen molar-refractivity contribution in [2.45, 2.75) is 50.2 Å². The summed E-state index contributed by atoms with van der Waals surface area (Å²) in [6, 6.07) is 7.29. The van der Waals surface area contributed by atoms with Crippen molar-refractivity contribution in [3.05, 3.63) is 42.0 Å². The standard InChI is InChI=1S/C18H28N4O2S/c1-14(2)22(4)25(23,24)17-11-9-15(10-12-17)13-20-18(19-3)21-16-7-5-6-8-16/h5-6,9-12,14,16H,7-8,13H2,1-4H3,(H2,19,20,21). The van der Waals surface area contributed by atoms with Gasteiger partial charge in [0.05, 0.1) is 4.90 Å². The average molecular weight is 365 g/mol. The third kappa shape index (κ3) is 5.06. The van der Waals surface area contributed by atoms with Gasteiger partial charge in [-0.15, -0.1) is 0 Å². The van der Waals surface area contributed by atoms with Gasteiger partial charge in [-0.2, -0.15) is 4.31 Å². The van der Waals surface area contributed by atoms with Crippen molar-refractivity contribution in [1.29, 1.82) is 0 Å². The molecule has 0 saturated carbocycles. The molecule has 1 aromatic rings. The summed E-state index contributed by atoms with van der Waals surface area (Å²) in [4.78, 5) is 4.54. The van der Waals surface area contributed by atoms with Crippen LogP contribution in [0.25, 0.3) is 0 Å². The van der Waals surface area contributed by atoms with Gasteiger partial charge in [-0.25, -0.2) is 8.42 Å². The number of sulfonamides is 1. The second-order valence-electron chi connectivity index (χ2n) is 6.47. The van der Waals surface area contributed by atoms with Gasteiger partial charge in [0, 0.05) is 32.7 Å². The van der Waals surface area contributed by atoms with Gasteiger partial charge >= 0.3 is 0 Å². The first-order valence-corrected chi connectivity index (χ1v) is 9.97. The fourth-order valence-electron chi connectivity index (χ4n) is 2.53. The second kappa shape index (κ2) is 8.49. The van der Waals surface area contributed by atoms with E-state index in [1.54, 1.807) is 26.2 Å². The van der Waals surface area contributed by atoms with Crippen LogP contribution in [0, 0.1) is 0 Å². The molecular formula is C18H28N4O2S. The smallest absolute Gasteiger partial charge is 0.243 e. The highest BCUT2D eigenvalue weighted by Gasteiger charge is 2.22. The molecule has 0 aromatic heterocycles. The third-order valence-corrected chi connectivity index (χ3v) is 6.41. The largest absolute Gasteiger partial charge is 0.353 e. The van der Waals surface area contributed by atoms with Crippen molar-refractivity contribution in [3.63, 3.8) is 0 Å². The first kappa shape index (κ1) is 19.5. The Kier molecular flexibility index (Phi) is 6.61. The van der Waals surface area contributed by atoms with Gasteiger partial charge in [-0.1, -0.05) is 24.3 Å². The molecule has 0 saturated heterocycles. The molecule has 25 heavy (non-hydrogen) atoms. The van der Waals surface area contributed by atoms with Crippen molar-refractivity contribution in [1.82, 2.24) is 14.9 Å². The van der Waals surface area contributed by atoms with E-state index in [9.17, 15) is 8.42 Å². The van der Waals surface area contributed by atoms with Crippen molar-refractivity contribution in [3.8, 4) is 0 Å². The van der Waals surface area contributed by atoms with Crippen LogP contribution in [0.5, 0.6) is 0 Å². The molecule has 1 aliphatic carbocycles. The van der Waals surface area contributed by atoms with Crippen LogP contribution >= 0.6 is 0 Å². The summed E-state index contributed by atoms with van der Waals surface area (Å²) in [5, 5.41) is 6.64. The molecule has 0 unspecified atom stereocenters. The predicted molar refractivity (Wildman–Crippen MR) is 102 cm³/mol. The van der Waals surface area contributed by atoms with Crippen LogP contribution in [-0.2, 0) is 16.6 Å². The Morgan fingerprint density at radius 2 is 1.84 bits per heavy atom. The Morgan fingerprint density at radius 3 is 2.36 bits per heavy atom. The molecule has 0 radical (unpaired) electrons. The van der Waals surface area contributed by atoms with E-state index < -0.39 is 10.0 Å². The number of hydrogen-bond donors (Lipinski definition) is 2. The molecule has 6 nitrogen and oxygen atoms in total. The van der Waals surface area contributed by atoms with E-state index in [4.69, 9.17) is 0 Å². The highest BCUT2D eigenvalue weighted by Crippen LogP contribution is 2.17. The molecule has 138 valence electrons. The highest BCUT2D eigenvalue weighted by atomic mass is 32.2. The highest BCUT2D eigenvalue weighted by molar-refractivity contribution is 7.89. The maximum atomic E-state index is 12.5. The maximum absolute atomic E-state index is 12.5. The van der Waals surface area contributed by atoms with E-state index in [1.165, 1.54) is 4.31 Å². The fraction of sp³-hybridized carbons (Fsp3) is 0.500. The van der Waals surface area contributed by atoms with Crippen LogP contribution in [0.15, 0.2) is 46.3 Å². The molecular weight excluding hydrogens is 336 g/mol. The lowest BCUT2D eigenvalue weighted by molar-refractivity contribution is 0.410. The van der Waals surface area contributed by atoms with Gasteiger partial charge < -0.3 is 10.6 Å². The first-order chi connectivity index (χ1) is 11.8. The number of nitrogens with one attached hydrogen (secondary N) is 2. The van der Waals surface area contributed by atoms with Crippen LogP contribution in [-0.4, -0.2) is 44.9 Å². The third-order valence-electron chi connectivity index (χ3n) is 4.36. The Balaban J connectivity index is 1.95. The topological polar surface area (TPSA) is 73.8 Å². The van der Waals surface area contributed by atoms with E-state index in [2.05, 4.69) is 27.8 Å². The molecule has 1 aromatic carbocycles. The van der Waals surface area contributed by atoms with Crippen molar-refractivity contribution >= 4 is 16.0 Å². The second-order valence-corrected chi connectivity index (χ2v) is 8.47. The predicted octanol–water partition coefficient (Wildman–Crippen LogP) is 2.10. The molecule has 2 N–H and O–H groups in total. The molecule has 0 bridgehead atoms. The van der Waals surface area contributed by atoms with E-state index >= 15 is 0 Å². The van der Waals surface area contributed by atoms with Gasteiger partial charge in [-0.05, 0) is 44.4 Å². The Morgan fingerprint density at radius 1 is 1.24 bits per heavy atom. The lowest BCUT2D eigenvalue weighted by atomic mass is 10.2. The fourth-order valence-corrected chi connectivity index (χ4v) is 3.90. The molecule has 0 spiro atoms. The normalized spacial score (nSPS) is 16.0. The van der Waals surface area contributed by atoms with Gasteiger partial charge in [0.25, 0.3) is 0 Å². The van der Waals surface area contributed by atoms with Gasteiger partial charge in [0.2, 0.25) is 10.0 Å². The zero-order valence-corrected chi connectivity index (χ0v) is 16.2. The summed E-state index contributed by atoms with van der Waals surface area (Å²) < 4.78 is 26.3. The zero-order chi connectivity index (χ0) is 18.4. The molecule has 0 aliphatic heterocycles. The molecule has 0 heterocycles. The van der Waals surface area contributed by atoms with E-state index in [0.29, 0.717) is 17.5 Å². The summed E-state index contributed by atoms with van der Waals surface area (Å²) in [6.45, 7) is 4.29. The molecule has 2 rings (SSSR count). The van der Waals surface area contributed by atoms with Crippen LogP contribution in [0.3, 0.4) is 0 Å². The lowest BCUT2D eigenvalue weighted by Crippen LogP contribution is -2.42. The molecule has 0 fully saturated rings. The summed E-state index contributed by atoms with van der Waals surface area (Å²) >= 11 is 0. The number of rotatable bonds is 6. The van der Waals surface area contributed by atoms with Gasteiger partial charge in [-0.3, -0.25) is 4.99 Å². The van der Waals surface area contributed by atoms with Crippen molar-refractivity contribution in [2.75, 3.05) is 14.1 Å². The maximum Gasteiger partial charge on any atom is 0.243 e. The summed E-state index contributed by atoms with van der Waals surface area (Å²) in [6.07, 6.45) is 6.35. The molecule has 1 aliphatic rings. The number of guanidine groups is 1. The summed E-state index contributed by atoms with van der Waals surface area (Å²) in [5.41, 5.74) is 0.999. The molecule has 0 amide bonds. The summed E-state index contributed by atoms with van der Waals surface area (Å²) in [7, 11) is -0.0914. The monoisotopic (exact) mass is 364 g/mol. The minimum Gasteiger partial charge on any atom is -0.353 e. The zero-order valence-electron chi connectivity index (χ0n) is 15.4. The van der Waals surface area contributed by atoms with Crippen molar-refractivity contribution in [2.24, 2.45) is 4.99 Å². The lowest BCUT2D eigenvalue weighted by Gasteiger charge is -2.21. The van der Waals surface area contributed by atoms with Gasteiger partial charge in [0.1, 0.15) is 0 Å². The van der Waals surface area contributed by atoms with Gasteiger partial charge in [0.15, 0.2) is 5.96 Å². The Hall–Kier alpha value is -1.86. The first-order valence-electron chi connectivity index (χ1n) is 8.53. The minimum absolute atomic E-state index is 0.0779. The molecule has 7 heteroatoms. The van der Waals surface area contributed by atoms with E-state index in [1.807, 2.05) is 26.0 Å². The van der Waals surface area contributed by atoms with Crippen LogP contribution < -0.4 is 10.6 Å². The minimum atomic E-state index is -3.44. The summed E-state index contributed by atoms with van der Waals surface area (Å²) in [5.74, 6) is 0.755. The SMILES string of the molecule is CN=C(NCc1ccc(S(=O)(=O)N(C)C(C)C)cc1)NC1CC=CC1. The van der Waals surface area contributed by atoms with E-state index in [-0.39, 0.29) is 6.04 Å². The quantitative estimate of drug-likeness (QED) is 0.461. The number of benzene rings is 1. The Bertz CT molecular complexity index is 716. The van der Waals surface area contributed by atoms with Crippen LogP contribution in [0.2, 0.25) is 0 Å². The molecule has 0 atom stereocenters. The number of nitrogens with zero attached hydrogens (tertiary/aromatic N) is 2. The number of aliphatic imine (C=N–C) groups is 1. The number of hydrogen-bond acceptors (Lipinski definition) is 3. The van der Waals surface area contributed by atoms with Crippen LogP contribution in [0.4, 0.5) is 0 Å². The average Bonchev–Trinajstić information content (AvgIpc) is 3.11. The van der Waals surface area contributed by atoms with E-state index in [0.717, 1.165) is 24.4 Å². The Labute approximate surface area is 151 Å².